The van der Waals surface area contributed by atoms with Crippen LogP contribution in [0.2, 0.25) is 0 Å². The quantitative estimate of drug-likeness (QED) is 0.502. The largest absolute Gasteiger partial charge is 0.493 e. The molecule has 0 saturated heterocycles. The Morgan fingerprint density at radius 1 is 1.28 bits per heavy atom. The number of hydrogen-bond donors (Lipinski definition) is 2. The third-order valence-electron chi connectivity index (χ3n) is 4.45. The van der Waals surface area contributed by atoms with Gasteiger partial charge in [-0.15, -0.1) is 0 Å². The van der Waals surface area contributed by atoms with Gasteiger partial charge in [-0.2, -0.15) is 5.26 Å². The number of aryl methyl sites for hydroxylation is 1. The summed E-state index contributed by atoms with van der Waals surface area (Å²) < 4.78 is 7.57. The molecule has 2 aromatic rings. The van der Waals surface area contributed by atoms with Crippen LogP contribution in [0.3, 0.4) is 0 Å². The van der Waals surface area contributed by atoms with E-state index in [1.54, 1.807) is 30.3 Å². The van der Waals surface area contributed by atoms with Crippen LogP contribution in [-0.2, 0) is 16.1 Å². The van der Waals surface area contributed by atoms with Crippen molar-refractivity contribution in [3.63, 3.8) is 0 Å². The van der Waals surface area contributed by atoms with E-state index in [0.29, 0.717) is 11.4 Å². The van der Waals surface area contributed by atoms with Gasteiger partial charge in [-0.25, -0.2) is 0 Å². The number of primary amides is 1. The van der Waals surface area contributed by atoms with Gasteiger partial charge in [-0.3, -0.25) is 9.59 Å². The van der Waals surface area contributed by atoms with Crippen molar-refractivity contribution in [2.75, 3.05) is 11.9 Å². The molecule has 1 aromatic carbocycles. The fraction of sp³-hybridized carbons (Fsp3) is 0.318. The lowest BCUT2D eigenvalue weighted by Gasteiger charge is -2.08. The molecule has 0 fully saturated rings. The zero-order valence-corrected chi connectivity index (χ0v) is 17.0. The molecule has 0 unspecified atom stereocenters. The number of carbonyl (C=O) groups is 2. The van der Waals surface area contributed by atoms with Gasteiger partial charge in [0.05, 0.1) is 13.0 Å². The van der Waals surface area contributed by atoms with E-state index in [4.69, 9.17) is 10.5 Å². The van der Waals surface area contributed by atoms with Crippen LogP contribution in [0.15, 0.2) is 35.9 Å². The molecule has 7 nitrogen and oxygen atoms in total. The lowest BCUT2D eigenvalue weighted by Crippen LogP contribution is -2.15. The molecule has 2 amide bonds. The van der Waals surface area contributed by atoms with Crippen molar-refractivity contribution in [2.45, 2.75) is 40.2 Å². The molecule has 1 aromatic heterocycles. The van der Waals surface area contributed by atoms with Crippen LogP contribution in [0.4, 0.5) is 5.69 Å². The average Bonchev–Trinajstić information content (AvgIpc) is 2.94. The van der Waals surface area contributed by atoms with Crippen LogP contribution in [0, 0.1) is 25.2 Å². The summed E-state index contributed by atoms with van der Waals surface area (Å²) in [4.78, 5) is 23.2. The summed E-state index contributed by atoms with van der Waals surface area (Å²) >= 11 is 0. The fourth-order valence-corrected chi connectivity index (χ4v) is 2.95. The molecule has 2 rings (SSSR count). The minimum atomic E-state index is -0.477. The highest BCUT2D eigenvalue weighted by atomic mass is 16.5. The Hall–Kier alpha value is -3.53. The molecule has 0 atom stereocenters. The number of rotatable bonds is 9. The summed E-state index contributed by atoms with van der Waals surface area (Å²) in [5.74, 6) is -0.348. The molecular formula is C22H26N4O3. The average molecular weight is 394 g/mol. The van der Waals surface area contributed by atoms with Crippen LogP contribution < -0.4 is 15.8 Å². The number of nitrogens with zero attached hydrogens (tertiary/aromatic N) is 2. The van der Waals surface area contributed by atoms with E-state index in [-0.39, 0.29) is 18.6 Å². The monoisotopic (exact) mass is 394 g/mol. The minimum absolute atomic E-state index is 0.0310. The number of nitrogens with two attached hydrogens (primary N) is 1. The zero-order valence-electron chi connectivity index (χ0n) is 17.0. The van der Waals surface area contributed by atoms with Gasteiger partial charge in [0.25, 0.3) is 5.91 Å². The summed E-state index contributed by atoms with van der Waals surface area (Å²) in [5, 5.41) is 12.2. The van der Waals surface area contributed by atoms with E-state index < -0.39 is 11.8 Å². The molecule has 0 aliphatic rings. The molecule has 0 aliphatic carbocycles. The predicted molar refractivity (Wildman–Crippen MR) is 112 cm³/mol. The summed E-state index contributed by atoms with van der Waals surface area (Å²) in [6, 6.07) is 10.6. The molecule has 0 spiro atoms. The molecule has 152 valence electrons. The topological polar surface area (TPSA) is 110 Å². The van der Waals surface area contributed by atoms with E-state index >= 15 is 0 Å². The first-order chi connectivity index (χ1) is 13.8. The molecule has 29 heavy (non-hydrogen) atoms. The second kappa shape index (κ2) is 10.1. The molecule has 1 heterocycles. The molecule has 3 N–H and O–H groups in total. The molecule has 0 radical (unpaired) electrons. The Morgan fingerprint density at radius 3 is 2.55 bits per heavy atom. The maximum absolute atomic E-state index is 12.5. The van der Waals surface area contributed by atoms with E-state index in [1.165, 1.54) is 0 Å². The van der Waals surface area contributed by atoms with E-state index in [2.05, 4.69) is 16.8 Å². The number of benzene rings is 1. The first-order valence-electron chi connectivity index (χ1n) is 9.46. The van der Waals surface area contributed by atoms with Gasteiger partial charge >= 0.3 is 0 Å². The van der Waals surface area contributed by atoms with Gasteiger partial charge in [0.15, 0.2) is 0 Å². The highest BCUT2D eigenvalue weighted by molar-refractivity contribution is 6.09. The maximum atomic E-state index is 12.5. The van der Waals surface area contributed by atoms with E-state index in [0.717, 1.165) is 29.9 Å². The van der Waals surface area contributed by atoms with E-state index in [1.807, 2.05) is 26.0 Å². The highest BCUT2D eigenvalue weighted by Gasteiger charge is 2.13. The number of nitrogens with one attached hydrogen (secondary N) is 1. The van der Waals surface area contributed by atoms with Gasteiger partial charge < -0.3 is 20.4 Å². The van der Waals surface area contributed by atoms with Gasteiger partial charge in [-0.1, -0.05) is 6.92 Å². The van der Waals surface area contributed by atoms with Crippen molar-refractivity contribution in [1.29, 1.82) is 5.26 Å². The zero-order chi connectivity index (χ0) is 21.4. The number of ether oxygens (including phenoxy) is 1. The minimum Gasteiger partial charge on any atom is -0.493 e. The predicted octanol–water partition coefficient (Wildman–Crippen LogP) is 3.31. The van der Waals surface area contributed by atoms with Crippen LogP contribution in [0.5, 0.6) is 5.75 Å². The lowest BCUT2D eigenvalue weighted by molar-refractivity contribution is -0.118. The van der Waals surface area contributed by atoms with Gasteiger partial charge in [0.1, 0.15) is 17.4 Å². The molecule has 0 saturated carbocycles. The summed E-state index contributed by atoms with van der Waals surface area (Å²) in [7, 11) is 0. The molecular weight excluding hydrogens is 368 g/mol. The highest BCUT2D eigenvalue weighted by Crippen LogP contribution is 2.20. The van der Waals surface area contributed by atoms with Gasteiger partial charge in [0.2, 0.25) is 5.91 Å². The van der Waals surface area contributed by atoms with Gasteiger partial charge in [0, 0.05) is 23.6 Å². The van der Waals surface area contributed by atoms with Crippen molar-refractivity contribution in [1.82, 2.24) is 4.57 Å². The molecule has 7 heteroatoms. The third-order valence-corrected chi connectivity index (χ3v) is 4.45. The smallest absolute Gasteiger partial charge is 0.266 e. The van der Waals surface area contributed by atoms with Crippen molar-refractivity contribution < 1.29 is 14.3 Å². The second-order valence-corrected chi connectivity index (χ2v) is 6.69. The number of aromatic nitrogens is 1. The number of amides is 2. The van der Waals surface area contributed by atoms with E-state index in [9.17, 15) is 14.9 Å². The Balaban J connectivity index is 2.08. The SMILES string of the molecule is CCCn1c(C)cc(C=C(C#N)C(=O)Nc2ccc(OCCC(N)=O)cc2)c1C. The first-order valence-corrected chi connectivity index (χ1v) is 9.46. The van der Waals surface area contributed by atoms with Gasteiger partial charge in [-0.05, 0) is 62.2 Å². The maximum Gasteiger partial charge on any atom is 0.266 e. The van der Waals surface area contributed by atoms with Crippen molar-refractivity contribution >= 4 is 23.6 Å². The van der Waals surface area contributed by atoms with Crippen molar-refractivity contribution in [3.8, 4) is 11.8 Å². The first kappa shape index (κ1) is 21.8. The Labute approximate surface area is 170 Å². The number of hydrogen-bond acceptors (Lipinski definition) is 4. The summed E-state index contributed by atoms with van der Waals surface area (Å²) in [6.07, 6.45) is 2.76. The second-order valence-electron chi connectivity index (χ2n) is 6.69. The molecule has 0 aliphatic heterocycles. The van der Waals surface area contributed by atoms with Crippen molar-refractivity contribution in [3.05, 3.63) is 52.9 Å². The lowest BCUT2D eigenvalue weighted by atomic mass is 10.1. The Bertz CT molecular complexity index is 950. The fourth-order valence-electron chi connectivity index (χ4n) is 2.95. The van der Waals surface area contributed by atoms with Crippen LogP contribution >= 0.6 is 0 Å². The third kappa shape index (κ3) is 5.98. The van der Waals surface area contributed by atoms with Crippen LogP contribution in [-0.4, -0.2) is 23.0 Å². The Kier molecular flexibility index (Phi) is 7.61. The number of carbonyl (C=O) groups excluding carboxylic acids is 2. The standard InChI is InChI=1S/C22H26N4O3/c1-4-10-26-15(2)12-17(16(26)3)13-18(14-23)22(28)25-19-5-7-20(8-6-19)29-11-9-21(24)27/h5-8,12-13H,4,9-11H2,1-3H3,(H2,24,27)(H,25,28). The normalized spacial score (nSPS) is 11.0. The van der Waals surface area contributed by atoms with Crippen LogP contribution in [0.1, 0.15) is 36.7 Å². The summed E-state index contributed by atoms with van der Waals surface area (Å²) in [6.45, 7) is 7.19. The summed E-state index contributed by atoms with van der Waals surface area (Å²) in [5.41, 5.74) is 8.62. The van der Waals surface area contributed by atoms with Crippen LogP contribution in [0.25, 0.3) is 6.08 Å². The number of nitriles is 1. The number of anilines is 1. The van der Waals surface area contributed by atoms with Crippen molar-refractivity contribution in [2.24, 2.45) is 5.73 Å². The molecule has 0 bridgehead atoms. The Morgan fingerprint density at radius 2 is 1.97 bits per heavy atom.